The van der Waals surface area contributed by atoms with Crippen LogP contribution in [0.4, 0.5) is 0 Å². The van der Waals surface area contributed by atoms with Gasteiger partial charge in [0.05, 0.1) is 17.9 Å². The van der Waals surface area contributed by atoms with Gasteiger partial charge in [-0.05, 0) is 30.2 Å². The van der Waals surface area contributed by atoms with Crippen molar-refractivity contribution in [2.24, 2.45) is 12.9 Å². The van der Waals surface area contributed by atoms with Gasteiger partial charge in [0.15, 0.2) is 0 Å². The Labute approximate surface area is 108 Å². The molecule has 0 amide bonds. The molecule has 0 aliphatic carbocycles. The fourth-order valence-corrected chi connectivity index (χ4v) is 2.33. The summed E-state index contributed by atoms with van der Waals surface area (Å²) >= 11 is 3.45. The van der Waals surface area contributed by atoms with Crippen molar-refractivity contribution in [2.45, 2.75) is 13.0 Å². The molecule has 90 valence electrons. The highest BCUT2D eigenvalue weighted by Gasteiger charge is 2.18. The fourth-order valence-electron chi connectivity index (χ4n) is 1.86. The molecule has 17 heavy (non-hydrogen) atoms. The molecule has 6 heteroatoms. The number of nitrogens with two attached hydrogens (primary N) is 1. The quantitative estimate of drug-likeness (QED) is 0.664. The summed E-state index contributed by atoms with van der Waals surface area (Å²) in [6, 6.07) is 5.99. The van der Waals surface area contributed by atoms with Crippen molar-refractivity contribution in [1.29, 1.82) is 0 Å². The summed E-state index contributed by atoms with van der Waals surface area (Å²) in [5.74, 6) is 5.64. The molecule has 0 aliphatic rings. The van der Waals surface area contributed by atoms with E-state index in [0.717, 1.165) is 21.3 Å². The zero-order valence-electron chi connectivity index (χ0n) is 9.68. The van der Waals surface area contributed by atoms with Crippen LogP contribution in [0.5, 0.6) is 0 Å². The molecular formula is C11H14BrN5. The molecule has 0 fully saturated rings. The van der Waals surface area contributed by atoms with E-state index in [4.69, 9.17) is 5.84 Å². The van der Waals surface area contributed by atoms with Gasteiger partial charge in [-0.25, -0.2) is 5.43 Å². The maximum atomic E-state index is 5.64. The summed E-state index contributed by atoms with van der Waals surface area (Å²) in [4.78, 5) is 0. The average molecular weight is 296 g/mol. The molecule has 3 N–H and O–H groups in total. The second kappa shape index (κ2) is 4.95. The molecule has 1 aromatic carbocycles. The van der Waals surface area contributed by atoms with Crippen LogP contribution < -0.4 is 11.3 Å². The van der Waals surface area contributed by atoms with Gasteiger partial charge in [-0.2, -0.15) is 0 Å². The molecular weight excluding hydrogens is 282 g/mol. The van der Waals surface area contributed by atoms with Crippen LogP contribution in [-0.4, -0.2) is 15.0 Å². The van der Waals surface area contributed by atoms with E-state index in [9.17, 15) is 0 Å². The highest BCUT2D eigenvalue weighted by atomic mass is 79.9. The highest BCUT2D eigenvalue weighted by molar-refractivity contribution is 9.10. The molecule has 0 aliphatic heterocycles. The number of aryl methyl sites for hydroxylation is 2. The minimum Gasteiger partial charge on any atom is -0.271 e. The maximum absolute atomic E-state index is 5.64. The van der Waals surface area contributed by atoms with Gasteiger partial charge in [0, 0.05) is 11.5 Å². The lowest BCUT2D eigenvalue weighted by atomic mass is 10.00. The molecule has 2 rings (SSSR count). The minimum absolute atomic E-state index is 0.108. The minimum atomic E-state index is -0.108. The number of nitrogens with one attached hydrogen (secondary N) is 1. The molecule has 0 saturated heterocycles. The van der Waals surface area contributed by atoms with E-state index in [1.165, 1.54) is 0 Å². The van der Waals surface area contributed by atoms with Crippen LogP contribution in [0.2, 0.25) is 0 Å². The number of nitrogens with zero attached hydrogens (tertiary/aromatic N) is 3. The lowest BCUT2D eigenvalue weighted by molar-refractivity contribution is 0.568. The van der Waals surface area contributed by atoms with E-state index in [1.54, 1.807) is 10.9 Å². The lowest BCUT2D eigenvalue weighted by Gasteiger charge is -2.18. The summed E-state index contributed by atoms with van der Waals surface area (Å²) in [5.41, 5.74) is 6.00. The van der Waals surface area contributed by atoms with Gasteiger partial charge in [-0.15, -0.1) is 5.10 Å². The van der Waals surface area contributed by atoms with E-state index < -0.39 is 0 Å². The van der Waals surface area contributed by atoms with Crippen LogP contribution in [-0.2, 0) is 7.05 Å². The molecule has 0 saturated carbocycles. The van der Waals surface area contributed by atoms with E-state index in [-0.39, 0.29) is 6.04 Å². The summed E-state index contributed by atoms with van der Waals surface area (Å²) in [6.07, 6.45) is 1.71. The van der Waals surface area contributed by atoms with Gasteiger partial charge in [0.2, 0.25) is 0 Å². The fraction of sp³-hybridized carbons (Fsp3) is 0.273. The van der Waals surface area contributed by atoms with Gasteiger partial charge in [-0.3, -0.25) is 10.5 Å². The number of hydrogen-bond acceptors (Lipinski definition) is 4. The largest absolute Gasteiger partial charge is 0.271 e. The van der Waals surface area contributed by atoms with Crippen LogP contribution in [0.15, 0.2) is 28.9 Å². The third-order valence-corrected chi connectivity index (χ3v) is 3.25. The summed E-state index contributed by atoms with van der Waals surface area (Å²) in [6.45, 7) is 2.05. The number of aromatic nitrogens is 3. The first-order valence-corrected chi connectivity index (χ1v) is 5.99. The Morgan fingerprint density at radius 3 is 2.76 bits per heavy atom. The van der Waals surface area contributed by atoms with Gasteiger partial charge in [0.25, 0.3) is 0 Å². The number of halogens is 1. The Morgan fingerprint density at radius 2 is 2.24 bits per heavy atom. The maximum Gasteiger partial charge on any atom is 0.0897 e. The van der Waals surface area contributed by atoms with Crippen molar-refractivity contribution in [1.82, 2.24) is 20.4 Å². The van der Waals surface area contributed by atoms with E-state index in [2.05, 4.69) is 37.7 Å². The van der Waals surface area contributed by atoms with Crippen LogP contribution in [0, 0.1) is 6.92 Å². The molecule has 1 unspecified atom stereocenters. The van der Waals surface area contributed by atoms with Crippen molar-refractivity contribution in [3.8, 4) is 0 Å². The Balaban J connectivity index is 2.46. The standard InChI is InChI=1S/C11H14BrN5/c1-7-5-8(12)3-4-9(7)11(15-13)10-6-14-16-17(10)2/h3-6,11,15H,13H2,1-2H3. The van der Waals surface area contributed by atoms with E-state index in [0.29, 0.717) is 0 Å². The second-order valence-corrected chi connectivity index (χ2v) is 4.80. The molecule has 0 spiro atoms. The van der Waals surface area contributed by atoms with Crippen molar-refractivity contribution in [2.75, 3.05) is 0 Å². The van der Waals surface area contributed by atoms with Crippen LogP contribution in [0.25, 0.3) is 0 Å². The molecule has 2 aromatic rings. The molecule has 1 aromatic heterocycles. The van der Waals surface area contributed by atoms with Gasteiger partial charge in [0.1, 0.15) is 0 Å². The Kier molecular flexibility index (Phi) is 3.56. The zero-order valence-corrected chi connectivity index (χ0v) is 11.3. The molecule has 5 nitrogen and oxygen atoms in total. The molecule has 1 heterocycles. The van der Waals surface area contributed by atoms with E-state index >= 15 is 0 Å². The summed E-state index contributed by atoms with van der Waals surface area (Å²) in [7, 11) is 1.85. The third kappa shape index (κ3) is 2.38. The lowest BCUT2D eigenvalue weighted by Crippen LogP contribution is -2.30. The van der Waals surface area contributed by atoms with Gasteiger partial charge in [-0.1, -0.05) is 27.2 Å². The Hall–Kier alpha value is -1.24. The second-order valence-electron chi connectivity index (χ2n) is 3.88. The summed E-state index contributed by atoms with van der Waals surface area (Å²) < 4.78 is 2.77. The Morgan fingerprint density at radius 1 is 1.47 bits per heavy atom. The topological polar surface area (TPSA) is 68.8 Å². The zero-order chi connectivity index (χ0) is 12.4. The summed E-state index contributed by atoms with van der Waals surface area (Å²) in [5, 5.41) is 7.79. The smallest absolute Gasteiger partial charge is 0.0897 e. The molecule has 1 atom stereocenters. The molecule has 0 bridgehead atoms. The highest BCUT2D eigenvalue weighted by Crippen LogP contribution is 2.25. The van der Waals surface area contributed by atoms with Gasteiger partial charge < -0.3 is 0 Å². The monoisotopic (exact) mass is 295 g/mol. The number of hydrazine groups is 1. The SMILES string of the molecule is Cc1cc(Br)ccc1C(NN)c1cnnn1C. The molecule has 0 radical (unpaired) electrons. The van der Waals surface area contributed by atoms with Gasteiger partial charge >= 0.3 is 0 Å². The van der Waals surface area contributed by atoms with Crippen molar-refractivity contribution in [3.05, 3.63) is 45.7 Å². The van der Waals surface area contributed by atoms with Crippen molar-refractivity contribution in [3.63, 3.8) is 0 Å². The number of benzene rings is 1. The van der Waals surface area contributed by atoms with Crippen LogP contribution in [0.1, 0.15) is 22.9 Å². The predicted molar refractivity (Wildman–Crippen MR) is 69.0 cm³/mol. The predicted octanol–water partition coefficient (Wildman–Crippen LogP) is 1.44. The first-order valence-electron chi connectivity index (χ1n) is 5.20. The number of rotatable bonds is 3. The first-order chi connectivity index (χ1) is 8.13. The van der Waals surface area contributed by atoms with Crippen molar-refractivity contribution >= 4 is 15.9 Å². The third-order valence-electron chi connectivity index (χ3n) is 2.75. The van der Waals surface area contributed by atoms with Crippen LogP contribution in [0.3, 0.4) is 0 Å². The first kappa shape index (κ1) is 12.2. The van der Waals surface area contributed by atoms with Crippen LogP contribution >= 0.6 is 15.9 Å². The number of hydrogen-bond donors (Lipinski definition) is 2. The van der Waals surface area contributed by atoms with Crippen molar-refractivity contribution < 1.29 is 0 Å². The van der Waals surface area contributed by atoms with E-state index in [1.807, 2.05) is 26.1 Å². The Bertz CT molecular complexity index is 522. The average Bonchev–Trinajstić information content (AvgIpc) is 2.69. The normalized spacial score (nSPS) is 12.7.